The fourth-order valence-corrected chi connectivity index (χ4v) is 3.25. The Morgan fingerprint density at radius 1 is 1.15 bits per heavy atom. The van der Waals surface area contributed by atoms with Crippen LogP contribution in [0.3, 0.4) is 0 Å². The topological polar surface area (TPSA) is 56.8 Å². The van der Waals surface area contributed by atoms with Gasteiger partial charge in [-0.2, -0.15) is 0 Å². The summed E-state index contributed by atoms with van der Waals surface area (Å²) >= 11 is 0. The number of benzene rings is 2. The zero-order valence-electron chi connectivity index (χ0n) is 16.2. The third-order valence-corrected chi connectivity index (χ3v) is 4.68. The second-order valence-electron chi connectivity index (χ2n) is 6.62. The fourth-order valence-electron chi connectivity index (χ4n) is 3.25. The van der Waals surface area contributed by atoms with Gasteiger partial charge in [-0.3, -0.25) is 4.79 Å². The quantitative estimate of drug-likeness (QED) is 0.804. The normalized spacial score (nSPS) is 16.6. The van der Waals surface area contributed by atoms with Gasteiger partial charge in [0.2, 0.25) is 5.91 Å². The lowest BCUT2D eigenvalue weighted by atomic mass is 9.95. The molecule has 5 nitrogen and oxygen atoms in total. The van der Waals surface area contributed by atoms with E-state index in [-0.39, 0.29) is 17.9 Å². The van der Waals surface area contributed by atoms with Crippen molar-refractivity contribution in [3.8, 4) is 17.2 Å². The first-order valence-electron chi connectivity index (χ1n) is 9.53. The molecular weight excluding hydrogens is 342 g/mol. The van der Waals surface area contributed by atoms with E-state index >= 15 is 0 Å². The van der Waals surface area contributed by atoms with Crippen molar-refractivity contribution >= 4 is 5.91 Å². The van der Waals surface area contributed by atoms with Gasteiger partial charge in [-0.05, 0) is 56.5 Å². The van der Waals surface area contributed by atoms with Gasteiger partial charge < -0.3 is 19.5 Å². The number of amides is 1. The van der Waals surface area contributed by atoms with Gasteiger partial charge in [-0.25, -0.2) is 0 Å². The Labute approximate surface area is 160 Å². The summed E-state index contributed by atoms with van der Waals surface area (Å²) in [6.45, 7) is 7.40. The summed E-state index contributed by atoms with van der Waals surface area (Å²) in [4.78, 5) is 12.7. The van der Waals surface area contributed by atoms with Crippen LogP contribution in [0.25, 0.3) is 0 Å². The van der Waals surface area contributed by atoms with Crippen molar-refractivity contribution in [3.63, 3.8) is 0 Å². The largest absolute Gasteiger partial charge is 0.492 e. The molecule has 144 valence electrons. The number of hydrogen-bond donors (Lipinski definition) is 1. The maximum absolute atomic E-state index is 12.7. The molecule has 3 rings (SSSR count). The van der Waals surface area contributed by atoms with Gasteiger partial charge in [0, 0.05) is 0 Å². The highest BCUT2D eigenvalue weighted by atomic mass is 16.5. The van der Waals surface area contributed by atoms with Crippen molar-refractivity contribution in [3.05, 3.63) is 53.6 Å². The smallest absolute Gasteiger partial charge is 0.227 e. The van der Waals surface area contributed by atoms with Crippen LogP contribution >= 0.6 is 0 Å². The van der Waals surface area contributed by atoms with Crippen molar-refractivity contribution in [1.29, 1.82) is 0 Å². The fraction of sp³-hybridized carbons (Fsp3) is 0.409. The third kappa shape index (κ3) is 4.54. The molecule has 0 saturated carbocycles. The first-order chi connectivity index (χ1) is 13.1. The highest BCUT2D eigenvalue weighted by Crippen LogP contribution is 2.31. The van der Waals surface area contributed by atoms with E-state index in [9.17, 15) is 4.79 Å². The first-order valence-corrected chi connectivity index (χ1v) is 9.53. The van der Waals surface area contributed by atoms with E-state index in [4.69, 9.17) is 14.2 Å². The summed E-state index contributed by atoms with van der Waals surface area (Å²) in [5, 5.41) is 3.10. The average Bonchev–Trinajstić information content (AvgIpc) is 2.69. The van der Waals surface area contributed by atoms with Crippen molar-refractivity contribution in [1.82, 2.24) is 5.32 Å². The van der Waals surface area contributed by atoms with Gasteiger partial charge in [-0.15, -0.1) is 0 Å². The van der Waals surface area contributed by atoms with E-state index in [1.807, 2.05) is 63.2 Å². The number of carbonyl (C=O) groups excluding carboxylic acids is 1. The molecule has 2 aromatic rings. The Hall–Kier alpha value is -2.69. The predicted octanol–water partition coefficient (Wildman–Crippen LogP) is 3.91. The zero-order chi connectivity index (χ0) is 19.2. The summed E-state index contributed by atoms with van der Waals surface area (Å²) < 4.78 is 17.0. The van der Waals surface area contributed by atoms with E-state index in [0.717, 1.165) is 22.6 Å². The number of rotatable bonds is 7. The Morgan fingerprint density at radius 3 is 2.67 bits per heavy atom. The molecular formula is C22H27NO4. The van der Waals surface area contributed by atoms with Crippen LogP contribution in [0.2, 0.25) is 0 Å². The van der Waals surface area contributed by atoms with Crippen molar-refractivity contribution in [2.24, 2.45) is 5.92 Å². The number of ether oxygens (including phenoxy) is 3. The lowest BCUT2D eigenvalue weighted by Crippen LogP contribution is -2.38. The third-order valence-electron chi connectivity index (χ3n) is 4.68. The maximum atomic E-state index is 12.7. The summed E-state index contributed by atoms with van der Waals surface area (Å²) in [6.07, 6.45) is 0.697. The molecule has 1 aliphatic heterocycles. The van der Waals surface area contributed by atoms with Crippen LogP contribution in [0.5, 0.6) is 17.2 Å². The summed E-state index contributed by atoms with van der Waals surface area (Å²) in [7, 11) is 0. The molecule has 0 spiro atoms. The monoisotopic (exact) mass is 369 g/mol. The number of para-hydroxylation sites is 1. The van der Waals surface area contributed by atoms with Crippen molar-refractivity contribution < 1.29 is 19.0 Å². The first kappa shape index (κ1) is 19.1. The van der Waals surface area contributed by atoms with Crippen molar-refractivity contribution in [2.45, 2.75) is 33.2 Å². The molecule has 1 amide bonds. The number of nitrogens with one attached hydrogen (secondary N) is 1. The van der Waals surface area contributed by atoms with Crippen LogP contribution in [0.4, 0.5) is 0 Å². The van der Waals surface area contributed by atoms with Gasteiger partial charge in [0.1, 0.15) is 12.4 Å². The second-order valence-corrected chi connectivity index (χ2v) is 6.62. The van der Waals surface area contributed by atoms with Gasteiger partial charge in [0.05, 0.1) is 25.2 Å². The highest BCUT2D eigenvalue weighted by Gasteiger charge is 2.27. The molecule has 1 N–H and O–H groups in total. The molecule has 0 saturated heterocycles. The van der Waals surface area contributed by atoms with E-state index in [1.54, 1.807) is 0 Å². The zero-order valence-corrected chi connectivity index (χ0v) is 16.2. The molecule has 2 unspecified atom stereocenters. The SMILES string of the molecule is CCOc1ccc(C(C)NC(=O)C2COc3ccccc3C2)cc1OCC. The van der Waals surface area contributed by atoms with E-state index < -0.39 is 0 Å². The average molecular weight is 369 g/mol. The van der Waals surface area contributed by atoms with E-state index in [2.05, 4.69) is 5.32 Å². The molecule has 1 heterocycles. The van der Waals surface area contributed by atoms with Gasteiger partial charge >= 0.3 is 0 Å². The molecule has 2 aromatic carbocycles. The molecule has 27 heavy (non-hydrogen) atoms. The Morgan fingerprint density at radius 2 is 1.89 bits per heavy atom. The number of hydrogen-bond acceptors (Lipinski definition) is 4. The molecule has 0 aliphatic carbocycles. The lowest BCUT2D eigenvalue weighted by molar-refractivity contribution is -0.126. The summed E-state index contributed by atoms with van der Waals surface area (Å²) in [6, 6.07) is 13.5. The number of fused-ring (bicyclic) bond motifs is 1. The number of carbonyl (C=O) groups is 1. The molecule has 0 radical (unpaired) electrons. The van der Waals surface area contributed by atoms with Crippen LogP contribution in [-0.2, 0) is 11.2 Å². The van der Waals surface area contributed by atoms with E-state index in [1.165, 1.54) is 0 Å². The minimum Gasteiger partial charge on any atom is -0.492 e. The molecule has 2 atom stereocenters. The molecule has 1 aliphatic rings. The van der Waals surface area contributed by atoms with Crippen LogP contribution in [0.1, 0.15) is 37.9 Å². The summed E-state index contributed by atoms with van der Waals surface area (Å²) in [5.41, 5.74) is 2.06. The Balaban J connectivity index is 1.67. The Bertz CT molecular complexity index is 790. The van der Waals surface area contributed by atoms with Gasteiger partial charge in [0.25, 0.3) is 0 Å². The summed E-state index contributed by atoms with van der Waals surface area (Å²) in [5.74, 6) is 2.12. The second kappa shape index (κ2) is 8.80. The molecule has 0 fully saturated rings. The lowest BCUT2D eigenvalue weighted by Gasteiger charge is -2.26. The molecule has 0 bridgehead atoms. The van der Waals surface area contributed by atoms with E-state index in [0.29, 0.717) is 32.0 Å². The van der Waals surface area contributed by atoms with Gasteiger partial charge in [-0.1, -0.05) is 24.3 Å². The van der Waals surface area contributed by atoms with Crippen LogP contribution < -0.4 is 19.5 Å². The minimum absolute atomic E-state index is 0.00356. The van der Waals surface area contributed by atoms with Crippen molar-refractivity contribution in [2.75, 3.05) is 19.8 Å². The predicted molar refractivity (Wildman–Crippen MR) is 104 cm³/mol. The standard InChI is InChI=1S/C22H27NO4/c1-4-25-20-11-10-16(13-21(20)26-5-2)15(3)23-22(24)18-12-17-8-6-7-9-19(17)27-14-18/h6-11,13,15,18H,4-5,12,14H2,1-3H3,(H,23,24). The van der Waals surface area contributed by atoms with Crippen LogP contribution in [0.15, 0.2) is 42.5 Å². The molecule has 5 heteroatoms. The van der Waals surface area contributed by atoms with Crippen LogP contribution in [-0.4, -0.2) is 25.7 Å². The highest BCUT2D eigenvalue weighted by molar-refractivity contribution is 5.80. The minimum atomic E-state index is -0.184. The maximum Gasteiger partial charge on any atom is 0.227 e. The van der Waals surface area contributed by atoms with Gasteiger partial charge in [0.15, 0.2) is 11.5 Å². The van der Waals surface area contributed by atoms with Crippen LogP contribution in [0, 0.1) is 5.92 Å². The Kier molecular flexibility index (Phi) is 6.22. The molecule has 0 aromatic heterocycles.